The van der Waals surface area contributed by atoms with Crippen molar-refractivity contribution in [2.24, 2.45) is 4.99 Å². The van der Waals surface area contributed by atoms with Gasteiger partial charge < -0.3 is 9.73 Å². The third-order valence-electron chi connectivity index (χ3n) is 3.88. The second kappa shape index (κ2) is 5.24. The Bertz CT molecular complexity index is 943. The average Bonchev–Trinajstić information content (AvgIpc) is 3.23. The lowest BCUT2D eigenvalue weighted by molar-refractivity contribution is -0.384. The first kappa shape index (κ1) is 13.5. The van der Waals surface area contributed by atoms with Gasteiger partial charge in [0.2, 0.25) is 0 Å². The fourth-order valence-corrected chi connectivity index (χ4v) is 2.76. The summed E-state index contributed by atoms with van der Waals surface area (Å²) in [5, 5.41) is 16.0. The van der Waals surface area contributed by atoms with E-state index in [1.54, 1.807) is 18.4 Å². The second-order valence-electron chi connectivity index (χ2n) is 5.33. The number of benzene rings is 2. The molecule has 0 atom stereocenters. The van der Waals surface area contributed by atoms with Crippen molar-refractivity contribution < 1.29 is 9.34 Å². The molecule has 0 saturated carbocycles. The van der Waals surface area contributed by atoms with E-state index in [0.717, 1.165) is 46.6 Å². The van der Waals surface area contributed by atoms with Gasteiger partial charge in [-0.05, 0) is 23.3 Å². The summed E-state index contributed by atoms with van der Waals surface area (Å²) in [6.07, 6.45) is 1.69. The first-order valence-electron chi connectivity index (χ1n) is 7.27. The molecule has 0 saturated heterocycles. The lowest BCUT2D eigenvalue weighted by Crippen LogP contribution is -2.18. The summed E-state index contributed by atoms with van der Waals surface area (Å²) < 4.78 is 5.65. The van der Waals surface area contributed by atoms with Crippen molar-refractivity contribution in [3.8, 4) is 11.1 Å². The lowest BCUT2D eigenvalue weighted by atomic mass is 10.0. The van der Waals surface area contributed by atoms with Crippen molar-refractivity contribution in [1.82, 2.24) is 5.32 Å². The van der Waals surface area contributed by atoms with E-state index in [4.69, 9.17) is 4.42 Å². The van der Waals surface area contributed by atoms with Gasteiger partial charge in [-0.25, -0.2) is 0 Å². The summed E-state index contributed by atoms with van der Waals surface area (Å²) in [5.41, 5.74) is 1.80. The molecule has 6 heteroatoms. The highest BCUT2D eigenvalue weighted by atomic mass is 16.6. The van der Waals surface area contributed by atoms with Gasteiger partial charge in [0.1, 0.15) is 0 Å². The molecule has 0 bridgehead atoms. The molecule has 4 rings (SSSR count). The fourth-order valence-electron chi connectivity index (χ4n) is 2.76. The number of fused-ring (bicyclic) bond motifs is 1. The predicted molar refractivity (Wildman–Crippen MR) is 87.7 cm³/mol. The molecule has 3 aromatic rings. The van der Waals surface area contributed by atoms with Gasteiger partial charge in [-0.2, -0.15) is 0 Å². The van der Waals surface area contributed by atoms with Crippen LogP contribution in [0.1, 0.15) is 5.76 Å². The Labute approximate surface area is 131 Å². The van der Waals surface area contributed by atoms with E-state index in [-0.39, 0.29) is 10.6 Å². The highest BCUT2D eigenvalue weighted by Crippen LogP contribution is 2.29. The molecule has 1 aliphatic rings. The molecule has 1 N–H and O–H groups in total. The molecule has 0 fully saturated rings. The van der Waals surface area contributed by atoms with Gasteiger partial charge in [0.05, 0.1) is 17.7 Å². The Morgan fingerprint density at radius 2 is 2.04 bits per heavy atom. The van der Waals surface area contributed by atoms with Crippen LogP contribution in [0.25, 0.3) is 21.9 Å². The third kappa shape index (κ3) is 2.34. The van der Waals surface area contributed by atoms with Gasteiger partial charge in [0, 0.05) is 29.4 Å². The topological polar surface area (TPSA) is 80.7 Å². The van der Waals surface area contributed by atoms with Gasteiger partial charge in [-0.1, -0.05) is 18.2 Å². The lowest BCUT2D eigenvalue weighted by Gasteiger charge is -2.03. The van der Waals surface area contributed by atoms with Crippen LogP contribution in [0.4, 0.5) is 5.69 Å². The van der Waals surface area contributed by atoms with Gasteiger partial charge in [-0.15, -0.1) is 0 Å². The molecule has 0 amide bonds. The van der Waals surface area contributed by atoms with Crippen LogP contribution in [0.15, 0.2) is 58.1 Å². The van der Waals surface area contributed by atoms with E-state index >= 15 is 0 Å². The zero-order valence-electron chi connectivity index (χ0n) is 12.2. The van der Waals surface area contributed by atoms with Crippen molar-refractivity contribution in [1.29, 1.82) is 0 Å². The van der Waals surface area contributed by atoms with Crippen LogP contribution >= 0.6 is 0 Å². The molecule has 114 valence electrons. The summed E-state index contributed by atoms with van der Waals surface area (Å²) in [7, 11) is 0. The Morgan fingerprint density at radius 3 is 2.83 bits per heavy atom. The van der Waals surface area contributed by atoms with E-state index in [1.807, 2.05) is 24.3 Å². The highest BCUT2D eigenvalue weighted by molar-refractivity contribution is 6.08. The molecule has 0 unspecified atom stereocenters. The zero-order valence-corrected chi connectivity index (χ0v) is 12.2. The summed E-state index contributed by atoms with van der Waals surface area (Å²) in [6.45, 7) is 1.58. The number of nitro benzene ring substituents is 1. The third-order valence-corrected chi connectivity index (χ3v) is 3.88. The summed E-state index contributed by atoms with van der Waals surface area (Å²) in [4.78, 5) is 14.9. The molecule has 0 radical (unpaired) electrons. The maximum atomic E-state index is 10.9. The molecule has 2 heterocycles. The standard InChI is InChI=1S/C17H13N3O3/c21-20(22)14-3-1-2-11(9-14)12-4-5-15-13(8-12)10-23-16(15)17-18-6-7-19-17/h1-5,8-10H,6-7H2,(H,18,19). The van der Waals surface area contributed by atoms with Crippen molar-refractivity contribution in [2.75, 3.05) is 13.1 Å². The molecule has 0 spiro atoms. The van der Waals surface area contributed by atoms with Gasteiger partial charge >= 0.3 is 0 Å². The Kier molecular flexibility index (Phi) is 3.08. The SMILES string of the molecule is O=[N+]([O-])c1cccc(-c2ccc3c(C4=NCCN4)occ3c2)c1. The van der Waals surface area contributed by atoms with Crippen LogP contribution in [0.3, 0.4) is 0 Å². The molecule has 23 heavy (non-hydrogen) atoms. The maximum Gasteiger partial charge on any atom is 0.270 e. The molecule has 6 nitrogen and oxygen atoms in total. The van der Waals surface area contributed by atoms with Crippen LogP contribution in [0.2, 0.25) is 0 Å². The first-order valence-corrected chi connectivity index (χ1v) is 7.27. The number of amidine groups is 1. The number of nitrogens with zero attached hydrogens (tertiary/aromatic N) is 2. The van der Waals surface area contributed by atoms with Crippen molar-refractivity contribution in [3.05, 3.63) is 64.6 Å². The number of non-ortho nitro benzene ring substituents is 1. The van der Waals surface area contributed by atoms with Crippen molar-refractivity contribution in [2.45, 2.75) is 0 Å². The first-order chi connectivity index (χ1) is 11.2. The average molecular weight is 307 g/mol. The minimum absolute atomic E-state index is 0.0833. The summed E-state index contributed by atoms with van der Waals surface area (Å²) >= 11 is 0. The number of nitrogens with one attached hydrogen (secondary N) is 1. The van der Waals surface area contributed by atoms with Gasteiger partial charge in [-0.3, -0.25) is 15.1 Å². The number of rotatable bonds is 3. The van der Waals surface area contributed by atoms with E-state index in [2.05, 4.69) is 10.3 Å². The number of hydrogen-bond donors (Lipinski definition) is 1. The van der Waals surface area contributed by atoms with Crippen molar-refractivity contribution in [3.63, 3.8) is 0 Å². The smallest absolute Gasteiger partial charge is 0.270 e. The molecule has 0 aliphatic carbocycles. The van der Waals surface area contributed by atoms with Crippen LogP contribution in [-0.4, -0.2) is 23.8 Å². The quantitative estimate of drug-likeness (QED) is 0.594. The molecule has 2 aromatic carbocycles. The van der Waals surface area contributed by atoms with Gasteiger partial charge in [0.15, 0.2) is 11.6 Å². The number of nitro groups is 1. The largest absolute Gasteiger partial charge is 0.460 e. The van der Waals surface area contributed by atoms with Crippen LogP contribution < -0.4 is 5.32 Å². The number of furan rings is 1. The van der Waals surface area contributed by atoms with Crippen LogP contribution in [0.5, 0.6) is 0 Å². The molecular weight excluding hydrogens is 294 g/mol. The number of aliphatic imine (C=N–C) groups is 1. The molecular formula is C17H13N3O3. The monoisotopic (exact) mass is 307 g/mol. The van der Waals surface area contributed by atoms with E-state index < -0.39 is 0 Å². The van der Waals surface area contributed by atoms with Gasteiger partial charge in [0.25, 0.3) is 5.69 Å². The Hall–Kier alpha value is -3.15. The van der Waals surface area contributed by atoms with E-state index in [1.165, 1.54) is 6.07 Å². The minimum Gasteiger partial charge on any atom is -0.460 e. The summed E-state index contributed by atoms with van der Waals surface area (Å²) in [6, 6.07) is 12.5. The van der Waals surface area contributed by atoms with E-state index in [9.17, 15) is 10.1 Å². The van der Waals surface area contributed by atoms with Crippen LogP contribution in [0, 0.1) is 10.1 Å². The molecule has 1 aliphatic heterocycles. The minimum atomic E-state index is -0.387. The Balaban J connectivity index is 1.78. The Morgan fingerprint density at radius 1 is 1.17 bits per heavy atom. The van der Waals surface area contributed by atoms with Crippen LogP contribution in [-0.2, 0) is 0 Å². The highest BCUT2D eigenvalue weighted by Gasteiger charge is 2.16. The number of hydrogen-bond acceptors (Lipinski definition) is 5. The summed E-state index contributed by atoms with van der Waals surface area (Å²) in [5.74, 6) is 1.52. The fraction of sp³-hybridized carbons (Fsp3) is 0.118. The predicted octanol–water partition coefficient (Wildman–Crippen LogP) is 3.36. The maximum absolute atomic E-state index is 10.9. The second-order valence-corrected chi connectivity index (χ2v) is 5.33. The normalized spacial score (nSPS) is 13.8. The molecule has 1 aromatic heterocycles. The zero-order chi connectivity index (χ0) is 15.8. The van der Waals surface area contributed by atoms with E-state index in [0.29, 0.717) is 0 Å². The van der Waals surface area contributed by atoms with Crippen molar-refractivity contribution >= 4 is 22.3 Å².